The highest BCUT2D eigenvalue weighted by molar-refractivity contribution is 6.33. The van der Waals surface area contributed by atoms with Gasteiger partial charge < -0.3 is 10.1 Å². The van der Waals surface area contributed by atoms with Gasteiger partial charge in [0.05, 0.1) is 7.11 Å². The highest BCUT2D eigenvalue weighted by Gasteiger charge is 2.11. The first kappa shape index (κ1) is 14.6. The zero-order valence-electron chi connectivity index (χ0n) is 10.3. The van der Waals surface area contributed by atoms with Gasteiger partial charge in [0.1, 0.15) is 10.3 Å². The second-order valence-corrected chi connectivity index (χ2v) is 4.58. The lowest BCUT2D eigenvalue weighted by Gasteiger charge is -2.08. The fourth-order valence-corrected chi connectivity index (χ4v) is 2.00. The number of amides is 1. The molecule has 2 rings (SSSR count). The van der Waals surface area contributed by atoms with Gasteiger partial charge in [0, 0.05) is 17.3 Å². The molecular formula is C13H9Cl2FN2O2. The Hall–Kier alpha value is -1.85. The molecule has 0 bridgehead atoms. The Labute approximate surface area is 124 Å². The van der Waals surface area contributed by atoms with E-state index in [9.17, 15) is 9.18 Å². The number of halogens is 3. The summed E-state index contributed by atoms with van der Waals surface area (Å²) >= 11 is 11.4. The van der Waals surface area contributed by atoms with Gasteiger partial charge in [-0.1, -0.05) is 23.2 Å². The van der Waals surface area contributed by atoms with E-state index in [1.807, 2.05) is 0 Å². The lowest BCUT2D eigenvalue weighted by Crippen LogP contribution is -2.12. The monoisotopic (exact) mass is 314 g/mol. The number of hydrogen-bond acceptors (Lipinski definition) is 3. The molecule has 1 aromatic carbocycles. The molecule has 0 spiro atoms. The van der Waals surface area contributed by atoms with Gasteiger partial charge in [-0.3, -0.25) is 4.79 Å². The zero-order chi connectivity index (χ0) is 14.7. The van der Waals surface area contributed by atoms with Crippen molar-refractivity contribution < 1.29 is 13.9 Å². The third-order valence-electron chi connectivity index (χ3n) is 2.43. The second-order valence-electron chi connectivity index (χ2n) is 3.80. The molecule has 1 aromatic heterocycles. The van der Waals surface area contributed by atoms with Crippen molar-refractivity contribution in [2.45, 2.75) is 0 Å². The molecule has 0 radical (unpaired) electrons. The summed E-state index contributed by atoms with van der Waals surface area (Å²) in [4.78, 5) is 15.8. The van der Waals surface area contributed by atoms with E-state index < -0.39 is 11.7 Å². The SMILES string of the molecule is COc1cc(NC(=O)c2cc(Cl)nc(Cl)c2)ccc1F. The first-order valence-corrected chi connectivity index (χ1v) is 6.23. The first-order valence-electron chi connectivity index (χ1n) is 5.47. The average Bonchev–Trinajstić information content (AvgIpc) is 2.39. The van der Waals surface area contributed by atoms with Crippen molar-refractivity contribution in [2.24, 2.45) is 0 Å². The molecule has 0 atom stereocenters. The molecule has 4 nitrogen and oxygen atoms in total. The van der Waals surface area contributed by atoms with Crippen LogP contribution in [-0.4, -0.2) is 18.0 Å². The molecule has 1 N–H and O–H groups in total. The molecule has 0 saturated heterocycles. The van der Waals surface area contributed by atoms with Gasteiger partial charge in [-0.05, 0) is 24.3 Å². The van der Waals surface area contributed by atoms with Crippen molar-refractivity contribution in [2.75, 3.05) is 12.4 Å². The van der Waals surface area contributed by atoms with E-state index in [1.165, 1.54) is 37.4 Å². The van der Waals surface area contributed by atoms with E-state index in [1.54, 1.807) is 0 Å². The first-order chi connectivity index (χ1) is 9.49. The number of pyridine rings is 1. The van der Waals surface area contributed by atoms with Crippen molar-refractivity contribution in [3.05, 3.63) is 52.0 Å². The number of nitrogens with one attached hydrogen (secondary N) is 1. The Bertz CT molecular complexity index is 645. The van der Waals surface area contributed by atoms with Crippen LogP contribution in [0.3, 0.4) is 0 Å². The Balaban J connectivity index is 2.23. The van der Waals surface area contributed by atoms with Gasteiger partial charge in [-0.15, -0.1) is 0 Å². The van der Waals surface area contributed by atoms with Gasteiger partial charge in [-0.25, -0.2) is 9.37 Å². The van der Waals surface area contributed by atoms with E-state index in [0.29, 0.717) is 5.69 Å². The third kappa shape index (κ3) is 3.37. The molecule has 0 aliphatic rings. The number of nitrogens with zero attached hydrogens (tertiary/aromatic N) is 1. The summed E-state index contributed by atoms with van der Waals surface area (Å²) < 4.78 is 18.1. The quantitative estimate of drug-likeness (QED) is 0.877. The van der Waals surface area contributed by atoms with Crippen molar-refractivity contribution in [3.63, 3.8) is 0 Å². The molecule has 0 fully saturated rings. The maximum Gasteiger partial charge on any atom is 0.255 e. The minimum Gasteiger partial charge on any atom is -0.494 e. The van der Waals surface area contributed by atoms with E-state index in [4.69, 9.17) is 27.9 Å². The van der Waals surface area contributed by atoms with Crippen LogP contribution in [0, 0.1) is 5.82 Å². The number of carbonyl (C=O) groups excluding carboxylic acids is 1. The number of methoxy groups -OCH3 is 1. The largest absolute Gasteiger partial charge is 0.494 e. The highest BCUT2D eigenvalue weighted by atomic mass is 35.5. The van der Waals surface area contributed by atoms with Crippen LogP contribution in [0.4, 0.5) is 10.1 Å². The number of carbonyl (C=O) groups is 1. The molecule has 7 heteroatoms. The van der Waals surface area contributed by atoms with Gasteiger partial charge in [-0.2, -0.15) is 0 Å². The molecule has 1 amide bonds. The summed E-state index contributed by atoms with van der Waals surface area (Å²) in [6.07, 6.45) is 0. The van der Waals surface area contributed by atoms with E-state index >= 15 is 0 Å². The number of hydrogen-bond donors (Lipinski definition) is 1. The standard InChI is InChI=1S/C13H9Cl2FN2O2/c1-20-10-6-8(2-3-9(10)16)17-13(19)7-4-11(14)18-12(15)5-7/h2-6H,1H3,(H,17,19). The minimum atomic E-state index is -0.513. The number of anilines is 1. The maximum absolute atomic E-state index is 13.3. The van der Waals surface area contributed by atoms with Gasteiger partial charge in [0.15, 0.2) is 11.6 Å². The molecule has 0 aliphatic carbocycles. The van der Waals surface area contributed by atoms with Crippen LogP contribution in [0.1, 0.15) is 10.4 Å². The van der Waals surface area contributed by atoms with Gasteiger partial charge in [0.25, 0.3) is 5.91 Å². The Kier molecular flexibility index (Phi) is 4.42. The van der Waals surface area contributed by atoms with Crippen molar-refractivity contribution >= 4 is 34.8 Å². The molecule has 0 saturated carbocycles. The van der Waals surface area contributed by atoms with Crippen molar-refractivity contribution in [1.29, 1.82) is 0 Å². The lowest BCUT2D eigenvalue weighted by molar-refractivity contribution is 0.102. The summed E-state index contributed by atoms with van der Waals surface area (Å²) in [7, 11) is 1.34. The topological polar surface area (TPSA) is 51.2 Å². The Morgan fingerprint density at radius 1 is 1.25 bits per heavy atom. The summed E-state index contributed by atoms with van der Waals surface area (Å²) in [6, 6.07) is 6.74. The summed E-state index contributed by atoms with van der Waals surface area (Å²) in [5, 5.41) is 2.80. The molecule has 104 valence electrons. The lowest BCUT2D eigenvalue weighted by atomic mass is 10.2. The number of ether oxygens (including phenoxy) is 1. The zero-order valence-corrected chi connectivity index (χ0v) is 11.8. The van der Waals surface area contributed by atoms with E-state index in [-0.39, 0.29) is 21.6 Å². The molecule has 1 heterocycles. The summed E-state index contributed by atoms with van der Waals surface area (Å²) in [5.41, 5.74) is 0.635. The Morgan fingerprint density at radius 3 is 2.50 bits per heavy atom. The van der Waals surface area contributed by atoms with Crippen LogP contribution in [0.5, 0.6) is 5.75 Å². The summed E-state index contributed by atoms with van der Waals surface area (Å²) in [6.45, 7) is 0. The van der Waals surface area contributed by atoms with E-state index in [2.05, 4.69) is 10.3 Å². The number of benzene rings is 1. The van der Waals surface area contributed by atoms with Crippen LogP contribution in [0.2, 0.25) is 10.3 Å². The van der Waals surface area contributed by atoms with Crippen LogP contribution >= 0.6 is 23.2 Å². The number of rotatable bonds is 3. The smallest absolute Gasteiger partial charge is 0.255 e. The van der Waals surface area contributed by atoms with Crippen LogP contribution in [0.25, 0.3) is 0 Å². The van der Waals surface area contributed by atoms with Crippen molar-refractivity contribution in [1.82, 2.24) is 4.98 Å². The van der Waals surface area contributed by atoms with Gasteiger partial charge >= 0.3 is 0 Å². The second kappa shape index (κ2) is 6.07. The third-order valence-corrected chi connectivity index (χ3v) is 2.82. The highest BCUT2D eigenvalue weighted by Crippen LogP contribution is 2.22. The molecule has 20 heavy (non-hydrogen) atoms. The van der Waals surface area contributed by atoms with Crippen LogP contribution in [0.15, 0.2) is 30.3 Å². The van der Waals surface area contributed by atoms with E-state index in [0.717, 1.165) is 0 Å². The predicted octanol–water partition coefficient (Wildman–Crippen LogP) is 3.79. The normalized spacial score (nSPS) is 10.2. The summed E-state index contributed by atoms with van der Waals surface area (Å²) in [5.74, 6) is -0.918. The molecular weight excluding hydrogens is 306 g/mol. The Morgan fingerprint density at radius 2 is 1.90 bits per heavy atom. The molecule has 2 aromatic rings. The number of aromatic nitrogens is 1. The van der Waals surface area contributed by atoms with Crippen molar-refractivity contribution in [3.8, 4) is 5.75 Å². The fraction of sp³-hybridized carbons (Fsp3) is 0.0769. The predicted molar refractivity (Wildman–Crippen MR) is 75.2 cm³/mol. The van der Waals surface area contributed by atoms with Crippen LogP contribution in [-0.2, 0) is 0 Å². The average molecular weight is 315 g/mol. The molecule has 0 aliphatic heterocycles. The minimum absolute atomic E-state index is 0.0357. The maximum atomic E-state index is 13.3. The van der Waals surface area contributed by atoms with Crippen LogP contribution < -0.4 is 10.1 Å². The van der Waals surface area contributed by atoms with Gasteiger partial charge in [0.2, 0.25) is 0 Å². The fourth-order valence-electron chi connectivity index (χ4n) is 1.54. The molecule has 0 unspecified atom stereocenters.